The lowest BCUT2D eigenvalue weighted by atomic mass is 9.95. The summed E-state index contributed by atoms with van der Waals surface area (Å²) in [6.07, 6.45) is -68.1. The zero-order chi connectivity index (χ0) is 61.4. The lowest BCUT2D eigenvalue weighted by Crippen LogP contribution is -3.00. The summed E-state index contributed by atoms with van der Waals surface area (Å²) in [7, 11) is 3.37. The Kier molecular flexibility index (Phi) is 25.6. The van der Waals surface area contributed by atoms with Crippen LogP contribution in [0.25, 0.3) is 0 Å². The van der Waals surface area contributed by atoms with Gasteiger partial charge in [-0.1, -0.05) is 13.3 Å². The SMILES string of the molecule is CCCC[N+](C)(C)OC[C@H]1O[C@@H]2O[C@H]3[C@H](O)[C@@H](O)[C@@H](O[C@H]4[C@H](O)[C@@H](O)[C@@H](O[C@H]5[C@H](O)[C@@H](O)[C@@H](O[C@H]6[C@H](O)[C@@H](O)[C@@H](O[C@H]7[C@H](O)[C@@H](O)[C@@H](O[C@H]8[C@H](O)[C@@H](O)[C@@H](O[C@H]1[C@H](O)[C@H]2O)O[C@@H]8CO)O[C@@H]7CO)O[C@@H]6CO)O[C@@H]5CO)O[C@@H]4CO)O[C@@H]3CO.[Cl-]. The van der Waals surface area contributed by atoms with E-state index in [9.17, 15) is 102 Å². The van der Waals surface area contributed by atoms with Gasteiger partial charge in [0.05, 0.1) is 53.7 Å². The second kappa shape index (κ2) is 30.5. The summed E-state index contributed by atoms with van der Waals surface area (Å²) in [6, 6.07) is 0. The highest BCUT2D eigenvalue weighted by Gasteiger charge is 2.60. The van der Waals surface area contributed by atoms with Gasteiger partial charge in [0, 0.05) is 0 Å². The molecule has 36 nitrogen and oxygen atoms in total. The Hall–Kier alpha value is -1.15. The fraction of sp³-hybridized carbons (Fsp3) is 1.00. The zero-order valence-corrected chi connectivity index (χ0v) is 46.9. The highest BCUT2D eigenvalue weighted by Crippen LogP contribution is 2.39. The van der Waals surface area contributed by atoms with Crippen LogP contribution >= 0.6 is 0 Å². The van der Waals surface area contributed by atoms with Crippen LogP contribution in [0.15, 0.2) is 0 Å². The van der Waals surface area contributed by atoms with E-state index in [-0.39, 0.29) is 17.1 Å². The van der Waals surface area contributed by atoms with E-state index in [0.717, 1.165) is 6.42 Å². The Labute approximate surface area is 491 Å². The van der Waals surface area contributed by atoms with Crippen LogP contribution in [0, 0.1) is 0 Å². The lowest BCUT2D eigenvalue weighted by Gasteiger charge is -2.50. The summed E-state index contributed by atoms with van der Waals surface area (Å²) < 4.78 is 81.2. The van der Waals surface area contributed by atoms with Gasteiger partial charge in [-0.3, -0.25) is 0 Å². The quantitative estimate of drug-likeness (QED) is 0.0637. The number of aliphatic hydroxyl groups is 20. The van der Waals surface area contributed by atoms with E-state index < -0.39 is 261 Å². The molecule has 498 valence electrons. The predicted octanol–water partition coefficient (Wildman–Crippen LogP) is -16.4. The Balaban J connectivity index is 0.0000104. The summed E-state index contributed by atoms with van der Waals surface area (Å²) in [5, 5.41) is 223. The molecule has 0 radical (unpaired) electrons. The first kappa shape index (κ1) is 71.3. The van der Waals surface area contributed by atoms with Gasteiger partial charge in [0.25, 0.3) is 0 Å². The van der Waals surface area contributed by atoms with Gasteiger partial charge in [-0.05, 0) is 6.42 Å². The summed E-state index contributed by atoms with van der Waals surface area (Å²) in [6.45, 7) is -4.33. The van der Waals surface area contributed by atoms with Gasteiger partial charge >= 0.3 is 0 Å². The van der Waals surface area contributed by atoms with Gasteiger partial charge in [0.2, 0.25) is 0 Å². The van der Waals surface area contributed by atoms with Crippen molar-refractivity contribution < 1.29 is 190 Å². The standard InChI is InChI=1S/C48H84NO35.ClH/c1-4-5-6-49(2,3)70-13-20-41-27(62)34(69)48(77-20)83-40-19(12-55)75-46(32(67)25(40)60)81-38-17(10-53)73-44(30(65)23(38)58)79-36-15(8-51)71-42(28(63)21(36)56)78-35-14(7-50)72-43(29(64)22(35)57)80-37-16(9-52)74-45(31(66)24(37)59)82-39-18(11-54)76-47(84-41)33(68)26(39)61;/h14-48,50-69H,4-13H2,1-3H3;1H/q+1;/p-1/t14-,15-,16-,17-,18-,19-,20-,21-,22-,23-,24-,25-,26-,27-,28-,29-,30-,31-,32-,33-,34-,35-,36-,37-,38-,39-,40-,41-,42-,43-,44-,45-,46-,47-,48-;/m1./s1. The maximum absolute atomic E-state index is 11.8. The van der Waals surface area contributed by atoms with Gasteiger partial charge in [-0.25, -0.2) is 4.84 Å². The molecule has 14 bridgehead atoms. The fourth-order valence-corrected chi connectivity index (χ4v) is 11.3. The summed E-state index contributed by atoms with van der Waals surface area (Å²) >= 11 is 0. The van der Waals surface area contributed by atoms with Gasteiger partial charge in [0.15, 0.2) is 44.0 Å². The molecule has 21 fully saturated rings. The van der Waals surface area contributed by atoms with Crippen molar-refractivity contribution >= 4 is 0 Å². The number of hydrogen-bond donors (Lipinski definition) is 20. The van der Waals surface area contributed by atoms with Crippen LogP contribution in [0.4, 0.5) is 0 Å². The van der Waals surface area contributed by atoms with Gasteiger partial charge < -0.3 is 181 Å². The van der Waals surface area contributed by atoms with E-state index in [4.69, 9.17) is 71.2 Å². The van der Waals surface area contributed by atoms with E-state index in [1.165, 1.54) is 0 Å². The largest absolute Gasteiger partial charge is 1.00 e. The number of ether oxygens (including phenoxy) is 14. The number of halogens is 1. The minimum atomic E-state index is -2.21. The molecule has 21 rings (SSSR count). The number of hydrogen-bond acceptors (Lipinski definition) is 35. The Morgan fingerprint density at radius 1 is 0.282 bits per heavy atom. The molecule has 0 unspecified atom stereocenters. The highest BCUT2D eigenvalue weighted by atomic mass is 35.5. The normalized spacial score (nSPS) is 51.4. The average Bonchev–Trinajstić information content (AvgIpc) is 1.81. The van der Waals surface area contributed by atoms with Gasteiger partial charge in [-0.2, -0.15) is 4.65 Å². The van der Waals surface area contributed by atoms with Crippen LogP contribution in [-0.2, 0) is 71.2 Å². The van der Waals surface area contributed by atoms with E-state index in [1.807, 2.05) is 6.92 Å². The van der Waals surface area contributed by atoms with Crippen molar-refractivity contribution in [2.45, 2.75) is 235 Å². The van der Waals surface area contributed by atoms with Crippen LogP contribution < -0.4 is 12.4 Å². The first-order chi connectivity index (χ1) is 39.9. The van der Waals surface area contributed by atoms with Crippen LogP contribution in [0.5, 0.6) is 0 Å². The molecular formula is C48H84ClNO35. The number of quaternary nitrogens is 1. The van der Waals surface area contributed by atoms with Crippen molar-refractivity contribution in [2.75, 3.05) is 66.9 Å². The third kappa shape index (κ3) is 15.0. The van der Waals surface area contributed by atoms with Crippen molar-refractivity contribution in [3.05, 3.63) is 0 Å². The van der Waals surface area contributed by atoms with E-state index in [2.05, 4.69) is 0 Å². The average molecular weight is 1270 g/mol. The molecule has 0 aromatic carbocycles. The van der Waals surface area contributed by atoms with Crippen molar-refractivity contribution in [2.24, 2.45) is 0 Å². The molecule has 0 spiro atoms. The molecule has 35 atom stereocenters. The predicted molar refractivity (Wildman–Crippen MR) is 259 cm³/mol. The summed E-state index contributed by atoms with van der Waals surface area (Å²) in [4.78, 5) is 6.14. The monoisotopic (exact) mass is 1270 g/mol. The Bertz CT molecular complexity index is 2000. The Morgan fingerprint density at radius 2 is 0.459 bits per heavy atom. The molecule has 21 aliphatic heterocycles. The van der Waals surface area contributed by atoms with Crippen molar-refractivity contribution in [1.82, 2.24) is 0 Å². The second-order valence-electron chi connectivity index (χ2n) is 22.4. The third-order valence-electron chi connectivity index (χ3n) is 16.2. The third-order valence-corrected chi connectivity index (χ3v) is 16.2. The van der Waals surface area contributed by atoms with Gasteiger partial charge in [-0.15, -0.1) is 0 Å². The molecule has 0 saturated carbocycles. The molecule has 85 heavy (non-hydrogen) atoms. The molecule has 0 aromatic rings. The number of rotatable bonds is 12. The molecule has 21 saturated heterocycles. The van der Waals surface area contributed by atoms with Crippen molar-refractivity contribution in [3.63, 3.8) is 0 Å². The fourth-order valence-electron chi connectivity index (χ4n) is 11.3. The van der Waals surface area contributed by atoms with Crippen LogP contribution in [-0.4, -0.2) is 389 Å². The molecule has 37 heteroatoms. The minimum Gasteiger partial charge on any atom is -1.00 e. The molecule has 0 aliphatic carbocycles. The number of nitrogens with zero attached hydrogens (tertiary/aromatic N) is 1. The summed E-state index contributed by atoms with van der Waals surface area (Å²) in [5.74, 6) is 0. The first-order valence-corrected chi connectivity index (χ1v) is 27.7. The van der Waals surface area contributed by atoms with Crippen LogP contribution in [0.3, 0.4) is 0 Å². The zero-order valence-electron chi connectivity index (χ0n) is 46.2. The number of unbranched alkanes of at least 4 members (excludes halogenated alkanes) is 1. The Morgan fingerprint density at radius 3 is 0.635 bits per heavy atom. The van der Waals surface area contributed by atoms with E-state index in [0.29, 0.717) is 13.0 Å². The second-order valence-corrected chi connectivity index (χ2v) is 22.4. The van der Waals surface area contributed by atoms with Crippen molar-refractivity contribution in [3.8, 4) is 0 Å². The maximum Gasteiger partial charge on any atom is 0.187 e. The number of hydroxylamine groups is 3. The highest BCUT2D eigenvalue weighted by molar-refractivity contribution is 5.02. The van der Waals surface area contributed by atoms with Crippen molar-refractivity contribution in [1.29, 1.82) is 0 Å². The molecule has 20 N–H and O–H groups in total. The smallest absolute Gasteiger partial charge is 0.187 e. The molecule has 21 heterocycles. The number of aliphatic hydroxyl groups excluding tert-OH is 20. The maximum atomic E-state index is 11.8. The van der Waals surface area contributed by atoms with E-state index >= 15 is 0 Å². The molecular weight excluding hydrogens is 1190 g/mol. The van der Waals surface area contributed by atoms with E-state index in [1.54, 1.807) is 14.1 Å². The van der Waals surface area contributed by atoms with Crippen LogP contribution in [0.1, 0.15) is 19.8 Å². The molecule has 0 aromatic heterocycles. The summed E-state index contributed by atoms with van der Waals surface area (Å²) in [5.41, 5.74) is 0. The molecule has 0 amide bonds. The first-order valence-electron chi connectivity index (χ1n) is 27.7. The lowest BCUT2D eigenvalue weighted by molar-refractivity contribution is -1.08. The van der Waals surface area contributed by atoms with Gasteiger partial charge in [0.1, 0.15) is 184 Å². The van der Waals surface area contributed by atoms with Crippen LogP contribution in [0.2, 0.25) is 0 Å². The molecule has 21 aliphatic rings. The minimum absolute atomic E-state index is 0. The topological polar surface area (TPSA) is 543 Å².